The smallest absolute Gasteiger partial charge is 0.393 e. The summed E-state index contributed by atoms with van der Waals surface area (Å²) in [5.74, 6) is -0.0203. The number of aliphatic hydroxyl groups excluding tert-OH is 1. The van der Waals surface area contributed by atoms with E-state index in [2.05, 4.69) is 61.7 Å². The molecule has 1 atom stereocenters. The van der Waals surface area contributed by atoms with E-state index in [1.807, 2.05) is 6.20 Å². The zero-order valence-electron chi connectivity index (χ0n) is 23.8. The van der Waals surface area contributed by atoms with Crippen molar-refractivity contribution in [3.05, 3.63) is 59.0 Å². The van der Waals surface area contributed by atoms with Gasteiger partial charge >= 0.3 is 6.18 Å². The maximum atomic E-state index is 13.5. The summed E-state index contributed by atoms with van der Waals surface area (Å²) in [6.07, 6.45) is 2.62. The van der Waals surface area contributed by atoms with Crippen LogP contribution in [0.2, 0.25) is 0 Å². The minimum Gasteiger partial charge on any atom is -0.393 e. The van der Waals surface area contributed by atoms with Gasteiger partial charge in [0.2, 0.25) is 5.95 Å². The van der Waals surface area contributed by atoms with Crippen LogP contribution in [0.4, 0.5) is 19.1 Å². The summed E-state index contributed by atoms with van der Waals surface area (Å²) < 4.78 is 40.4. The normalized spacial score (nSPS) is 22.2. The third-order valence-electron chi connectivity index (χ3n) is 7.97. The average molecular weight is 561 g/mol. The Hall–Kier alpha value is -2.69. The van der Waals surface area contributed by atoms with Crippen molar-refractivity contribution in [3.8, 4) is 0 Å². The second-order valence-electron chi connectivity index (χ2n) is 11.2. The Kier molecular flexibility index (Phi) is 10.4. The molecule has 0 amide bonds. The lowest BCUT2D eigenvalue weighted by Crippen LogP contribution is -2.43. The molecule has 10 heteroatoms. The van der Waals surface area contributed by atoms with Gasteiger partial charge < -0.3 is 20.6 Å². The van der Waals surface area contributed by atoms with Gasteiger partial charge in [0.05, 0.1) is 11.8 Å². The van der Waals surface area contributed by atoms with E-state index < -0.39 is 12.2 Å². The van der Waals surface area contributed by atoms with Crippen molar-refractivity contribution in [1.82, 2.24) is 25.1 Å². The van der Waals surface area contributed by atoms with Gasteiger partial charge in [0.15, 0.2) is 0 Å². The number of halogens is 3. The van der Waals surface area contributed by atoms with Gasteiger partial charge in [0.25, 0.3) is 0 Å². The predicted molar refractivity (Wildman–Crippen MR) is 153 cm³/mol. The number of rotatable bonds is 10. The molecule has 7 nitrogen and oxygen atoms in total. The van der Waals surface area contributed by atoms with Crippen molar-refractivity contribution in [2.45, 2.75) is 83.3 Å². The summed E-state index contributed by atoms with van der Waals surface area (Å²) in [5.41, 5.74) is 4.48. The van der Waals surface area contributed by atoms with Crippen molar-refractivity contribution in [2.24, 2.45) is 0 Å². The number of nitrogens with one attached hydrogen (secondary N) is 2. The quantitative estimate of drug-likeness (QED) is 0.379. The molecule has 2 aliphatic rings. The molecule has 4 rings (SSSR count). The molecule has 1 saturated heterocycles. The first kappa shape index (κ1) is 30.3. The van der Waals surface area contributed by atoms with Gasteiger partial charge in [-0.15, -0.1) is 0 Å². The minimum atomic E-state index is -4.37. The topological polar surface area (TPSA) is 76.6 Å². The molecule has 0 bridgehead atoms. The number of anilines is 1. The van der Waals surface area contributed by atoms with Crippen LogP contribution in [-0.4, -0.2) is 82.5 Å². The van der Waals surface area contributed by atoms with Crippen LogP contribution in [0, 0.1) is 6.92 Å². The standard InChI is InChI=1S/C30H43F3N6O/c1-4-5-28(30(31,32)33)37-29-35-18-26(21(2)36-29)27(19-34-24-10-12-25(40)13-11-24)23-8-6-22(7-9-23)20-39-16-14-38(3)15-17-39/h6-9,18-19,24-25,28,34,40H,4-5,10-17,20H2,1-3H3,(H,35,36,37)/b27-19-/t24?,25?,28-/m0/s1. The fourth-order valence-corrected chi connectivity index (χ4v) is 5.38. The molecule has 1 aromatic carbocycles. The molecular formula is C30H43F3N6O. The predicted octanol–water partition coefficient (Wildman–Crippen LogP) is 4.96. The molecule has 0 unspecified atom stereocenters. The Morgan fingerprint density at radius 3 is 2.38 bits per heavy atom. The number of aliphatic hydroxyl groups is 1. The number of piperazine rings is 1. The molecule has 3 N–H and O–H groups in total. The molecular weight excluding hydrogens is 517 g/mol. The van der Waals surface area contributed by atoms with Gasteiger partial charge in [-0.05, 0) is 57.2 Å². The van der Waals surface area contributed by atoms with Gasteiger partial charge in [-0.25, -0.2) is 9.97 Å². The first-order chi connectivity index (χ1) is 19.1. The van der Waals surface area contributed by atoms with Gasteiger partial charge in [0, 0.05) is 62.3 Å². The van der Waals surface area contributed by atoms with Crippen molar-refractivity contribution < 1.29 is 18.3 Å². The van der Waals surface area contributed by atoms with Crippen molar-refractivity contribution >= 4 is 11.5 Å². The first-order valence-corrected chi connectivity index (χ1v) is 14.4. The number of hydrogen-bond acceptors (Lipinski definition) is 7. The Morgan fingerprint density at radius 2 is 1.77 bits per heavy atom. The SMILES string of the molecule is CCC[C@H](Nc1ncc(/C(=C\NC2CCC(O)CC2)c2ccc(CN3CCN(C)CC3)cc2)c(C)n1)C(F)(F)F. The van der Waals surface area contributed by atoms with E-state index in [9.17, 15) is 18.3 Å². The van der Waals surface area contributed by atoms with E-state index in [4.69, 9.17) is 0 Å². The second-order valence-corrected chi connectivity index (χ2v) is 11.2. The lowest BCUT2D eigenvalue weighted by atomic mass is 9.92. The summed E-state index contributed by atoms with van der Waals surface area (Å²) in [6.45, 7) is 8.67. The number of hydrogen-bond donors (Lipinski definition) is 3. The van der Waals surface area contributed by atoms with E-state index in [0.29, 0.717) is 12.1 Å². The van der Waals surface area contributed by atoms with Crippen LogP contribution < -0.4 is 10.6 Å². The van der Waals surface area contributed by atoms with Crippen LogP contribution in [-0.2, 0) is 6.54 Å². The second kappa shape index (κ2) is 13.8. The lowest BCUT2D eigenvalue weighted by molar-refractivity contribution is -0.143. The fraction of sp³-hybridized carbons (Fsp3) is 0.600. The number of nitrogens with zero attached hydrogens (tertiary/aromatic N) is 4. The highest BCUT2D eigenvalue weighted by molar-refractivity contribution is 5.80. The number of alkyl halides is 3. The van der Waals surface area contributed by atoms with E-state index in [1.54, 1.807) is 20.0 Å². The third kappa shape index (κ3) is 8.41. The van der Waals surface area contributed by atoms with Gasteiger partial charge in [0.1, 0.15) is 6.04 Å². The largest absolute Gasteiger partial charge is 0.408 e. The maximum absolute atomic E-state index is 13.5. The molecule has 2 fully saturated rings. The van der Waals surface area contributed by atoms with Gasteiger partial charge in [-0.3, -0.25) is 4.90 Å². The van der Waals surface area contributed by atoms with Crippen LogP contribution >= 0.6 is 0 Å². The zero-order valence-corrected chi connectivity index (χ0v) is 23.8. The van der Waals surface area contributed by atoms with Gasteiger partial charge in [-0.1, -0.05) is 37.6 Å². The van der Waals surface area contributed by atoms with E-state index in [-0.39, 0.29) is 24.5 Å². The number of aromatic nitrogens is 2. The summed E-state index contributed by atoms with van der Waals surface area (Å²) in [4.78, 5) is 13.5. The van der Waals surface area contributed by atoms with Crippen LogP contribution in [0.5, 0.6) is 0 Å². The zero-order chi connectivity index (χ0) is 28.7. The Balaban J connectivity index is 1.56. The van der Waals surface area contributed by atoms with E-state index in [1.165, 1.54) is 5.56 Å². The molecule has 2 aromatic rings. The number of benzene rings is 1. The minimum absolute atomic E-state index is 0.0203. The molecule has 0 spiro atoms. The molecule has 1 aromatic heterocycles. The third-order valence-corrected chi connectivity index (χ3v) is 7.97. The molecule has 1 saturated carbocycles. The summed E-state index contributed by atoms with van der Waals surface area (Å²) in [5, 5.41) is 15.9. The maximum Gasteiger partial charge on any atom is 0.408 e. The highest BCUT2D eigenvalue weighted by Gasteiger charge is 2.39. The average Bonchev–Trinajstić information content (AvgIpc) is 2.92. The molecule has 2 heterocycles. The first-order valence-electron chi connectivity index (χ1n) is 14.4. The summed E-state index contributed by atoms with van der Waals surface area (Å²) in [7, 11) is 2.15. The highest BCUT2D eigenvalue weighted by Crippen LogP contribution is 2.29. The molecule has 1 aliphatic heterocycles. The van der Waals surface area contributed by atoms with E-state index in [0.717, 1.165) is 75.1 Å². The molecule has 220 valence electrons. The lowest BCUT2D eigenvalue weighted by Gasteiger charge is -2.32. The van der Waals surface area contributed by atoms with Crippen LogP contribution in [0.15, 0.2) is 36.7 Å². The van der Waals surface area contributed by atoms with E-state index >= 15 is 0 Å². The summed E-state index contributed by atoms with van der Waals surface area (Å²) >= 11 is 0. The monoisotopic (exact) mass is 560 g/mol. The van der Waals surface area contributed by atoms with Crippen LogP contribution in [0.1, 0.15) is 67.8 Å². The van der Waals surface area contributed by atoms with Crippen molar-refractivity contribution in [2.75, 3.05) is 38.5 Å². The molecule has 1 aliphatic carbocycles. The number of aryl methyl sites for hydroxylation is 1. The Labute approximate surface area is 235 Å². The summed E-state index contributed by atoms with van der Waals surface area (Å²) in [6, 6.07) is 7.03. The molecule has 40 heavy (non-hydrogen) atoms. The fourth-order valence-electron chi connectivity index (χ4n) is 5.38. The number of likely N-dealkylation sites (N-methyl/N-ethyl adjacent to an activating group) is 1. The molecule has 0 radical (unpaired) electrons. The van der Waals surface area contributed by atoms with Crippen molar-refractivity contribution in [3.63, 3.8) is 0 Å². The van der Waals surface area contributed by atoms with Gasteiger partial charge in [-0.2, -0.15) is 13.2 Å². The Morgan fingerprint density at radius 1 is 1.10 bits per heavy atom. The Bertz CT molecular complexity index is 1110. The van der Waals surface area contributed by atoms with Crippen LogP contribution in [0.3, 0.4) is 0 Å². The van der Waals surface area contributed by atoms with Crippen molar-refractivity contribution in [1.29, 1.82) is 0 Å². The van der Waals surface area contributed by atoms with Crippen LogP contribution in [0.25, 0.3) is 5.57 Å². The highest BCUT2D eigenvalue weighted by atomic mass is 19.4.